The van der Waals surface area contributed by atoms with Crippen LogP contribution in [0.5, 0.6) is 0 Å². The summed E-state index contributed by atoms with van der Waals surface area (Å²) in [6.07, 6.45) is 2.50. The summed E-state index contributed by atoms with van der Waals surface area (Å²) in [7, 11) is 0. The first kappa shape index (κ1) is 23.5. The van der Waals surface area contributed by atoms with E-state index in [2.05, 4.69) is 20.9 Å². The van der Waals surface area contributed by atoms with Crippen molar-refractivity contribution in [3.63, 3.8) is 0 Å². The number of anilines is 4. The number of para-hydroxylation sites is 1. The number of aryl methyl sites for hydroxylation is 2. The Morgan fingerprint density at radius 3 is 2.21 bits per heavy atom. The number of hydrogen-bond acceptors (Lipinski definition) is 4. The SMILES string of the molecule is Cc1ccc(C)c(NC(=O)CN(CCC(=O)Nc2ccc(Nc3ccccc3)cc2)C2CC2)c1. The number of amides is 2. The predicted molar refractivity (Wildman–Crippen MR) is 139 cm³/mol. The first-order valence-corrected chi connectivity index (χ1v) is 11.8. The third-order valence-electron chi connectivity index (χ3n) is 5.93. The van der Waals surface area contributed by atoms with Crippen molar-refractivity contribution in [3.8, 4) is 0 Å². The molecule has 0 spiro atoms. The lowest BCUT2D eigenvalue weighted by atomic mass is 10.1. The maximum Gasteiger partial charge on any atom is 0.238 e. The normalized spacial score (nSPS) is 12.9. The van der Waals surface area contributed by atoms with Crippen molar-refractivity contribution in [1.82, 2.24) is 4.90 Å². The number of hydrogen-bond donors (Lipinski definition) is 3. The van der Waals surface area contributed by atoms with Gasteiger partial charge in [0, 0.05) is 41.8 Å². The van der Waals surface area contributed by atoms with Crippen molar-refractivity contribution in [2.75, 3.05) is 29.0 Å². The molecule has 3 aromatic carbocycles. The van der Waals surface area contributed by atoms with Crippen molar-refractivity contribution in [3.05, 3.63) is 83.9 Å². The summed E-state index contributed by atoms with van der Waals surface area (Å²) in [4.78, 5) is 27.3. The van der Waals surface area contributed by atoms with Crippen LogP contribution in [-0.2, 0) is 9.59 Å². The molecule has 0 aromatic heterocycles. The predicted octanol–water partition coefficient (Wildman–Crippen LogP) is 5.48. The number of nitrogens with one attached hydrogen (secondary N) is 3. The van der Waals surface area contributed by atoms with Crippen LogP contribution in [0.4, 0.5) is 22.7 Å². The van der Waals surface area contributed by atoms with Crippen molar-refractivity contribution < 1.29 is 9.59 Å². The second kappa shape index (κ2) is 11.0. The van der Waals surface area contributed by atoms with Crippen LogP contribution in [-0.4, -0.2) is 35.8 Å². The van der Waals surface area contributed by atoms with Gasteiger partial charge in [-0.25, -0.2) is 0 Å². The lowest BCUT2D eigenvalue weighted by molar-refractivity contribution is -0.119. The lowest BCUT2D eigenvalue weighted by Gasteiger charge is -2.21. The van der Waals surface area contributed by atoms with E-state index in [1.54, 1.807) is 0 Å². The number of nitrogens with zero attached hydrogens (tertiary/aromatic N) is 1. The summed E-state index contributed by atoms with van der Waals surface area (Å²) in [5, 5.41) is 9.32. The van der Waals surface area contributed by atoms with E-state index in [0.29, 0.717) is 25.6 Å². The van der Waals surface area contributed by atoms with Crippen LogP contribution in [0.15, 0.2) is 72.8 Å². The Labute approximate surface area is 201 Å². The van der Waals surface area contributed by atoms with Crippen molar-refractivity contribution in [1.29, 1.82) is 0 Å². The first-order valence-electron chi connectivity index (χ1n) is 11.8. The highest BCUT2D eigenvalue weighted by Gasteiger charge is 2.30. The highest BCUT2D eigenvalue weighted by Crippen LogP contribution is 2.27. The third-order valence-corrected chi connectivity index (χ3v) is 5.93. The van der Waals surface area contributed by atoms with Crippen molar-refractivity contribution >= 4 is 34.6 Å². The maximum absolute atomic E-state index is 12.7. The second-order valence-corrected chi connectivity index (χ2v) is 8.93. The molecule has 1 aliphatic rings. The Morgan fingerprint density at radius 2 is 1.50 bits per heavy atom. The quantitative estimate of drug-likeness (QED) is 0.378. The summed E-state index contributed by atoms with van der Waals surface area (Å²) in [5.74, 6) is -0.0909. The Morgan fingerprint density at radius 1 is 0.824 bits per heavy atom. The average molecular weight is 457 g/mol. The molecule has 6 nitrogen and oxygen atoms in total. The summed E-state index contributed by atoms with van der Waals surface area (Å²) in [5.41, 5.74) is 5.74. The molecule has 6 heteroatoms. The van der Waals surface area contributed by atoms with Crippen LogP contribution >= 0.6 is 0 Å². The smallest absolute Gasteiger partial charge is 0.238 e. The van der Waals surface area contributed by atoms with Crippen LogP contribution in [0.2, 0.25) is 0 Å². The number of carbonyl (C=O) groups is 2. The standard InChI is InChI=1S/C28H32N4O2/c1-20-8-9-21(2)26(18-20)31-28(34)19-32(25-14-15-25)17-16-27(33)30-24-12-10-23(11-13-24)29-22-6-4-3-5-7-22/h3-13,18,25,29H,14-17,19H2,1-2H3,(H,30,33)(H,31,34). The largest absolute Gasteiger partial charge is 0.356 e. The fourth-order valence-corrected chi connectivity index (χ4v) is 3.87. The molecule has 0 saturated heterocycles. The van der Waals surface area contributed by atoms with Gasteiger partial charge in [0.15, 0.2) is 0 Å². The van der Waals surface area contributed by atoms with E-state index in [9.17, 15) is 9.59 Å². The Balaban J connectivity index is 1.25. The van der Waals surface area contributed by atoms with E-state index in [4.69, 9.17) is 0 Å². The molecule has 0 atom stereocenters. The van der Waals surface area contributed by atoms with Gasteiger partial charge in [0.1, 0.15) is 0 Å². The molecule has 1 saturated carbocycles. The number of rotatable bonds is 10. The molecular weight excluding hydrogens is 424 g/mol. The minimum absolute atomic E-state index is 0.0393. The Bertz CT molecular complexity index is 1120. The molecule has 34 heavy (non-hydrogen) atoms. The van der Waals surface area contributed by atoms with E-state index in [1.165, 1.54) is 0 Å². The molecule has 1 fully saturated rings. The van der Waals surface area contributed by atoms with Gasteiger partial charge >= 0.3 is 0 Å². The Kier molecular flexibility index (Phi) is 7.60. The van der Waals surface area contributed by atoms with Crippen LogP contribution < -0.4 is 16.0 Å². The third kappa shape index (κ3) is 6.93. The zero-order chi connectivity index (χ0) is 23.9. The lowest BCUT2D eigenvalue weighted by Crippen LogP contribution is -2.37. The monoisotopic (exact) mass is 456 g/mol. The Hall–Kier alpha value is -3.64. The van der Waals surface area contributed by atoms with Crippen molar-refractivity contribution in [2.24, 2.45) is 0 Å². The minimum atomic E-state index is -0.0515. The zero-order valence-electron chi connectivity index (χ0n) is 19.8. The molecule has 0 aliphatic heterocycles. The number of benzene rings is 3. The fourth-order valence-electron chi connectivity index (χ4n) is 3.87. The van der Waals surface area contributed by atoms with Gasteiger partial charge in [-0.15, -0.1) is 0 Å². The van der Waals surface area contributed by atoms with Crippen LogP contribution in [0.3, 0.4) is 0 Å². The summed E-state index contributed by atoms with van der Waals surface area (Å²) < 4.78 is 0. The zero-order valence-corrected chi connectivity index (χ0v) is 19.8. The van der Waals surface area contributed by atoms with E-state index < -0.39 is 0 Å². The van der Waals surface area contributed by atoms with Crippen molar-refractivity contribution in [2.45, 2.75) is 39.2 Å². The summed E-state index contributed by atoms with van der Waals surface area (Å²) >= 11 is 0. The van der Waals surface area contributed by atoms with E-state index in [0.717, 1.165) is 46.7 Å². The molecule has 0 heterocycles. The van der Waals surface area contributed by atoms with Gasteiger partial charge in [-0.3, -0.25) is 14.5 Å². The minimum Gasteiger partial charge on any atom is -0.356 e. The summed E-state index contributed by atoms with van der Waals surface area (Å²) in [6.45, 7) is 4.86. The van der Waals surface area contributed by atoms with Crippen LogP contribution in [0.1, 0.15) is 30.4 Å². The number of carbonyl (C=O) groups excluding carboxylic acids is 2. The van der Waals surface area contributed by atoms with Gasteiger partial charge in [-0.1, -0.05) is 30.3 Å². The van der Waals surface area contributed by atoms with Gasteiger partial charge in [0.2, 0.25) is 11.8 Å². The van der Waals surface area contributed by atoms with E-state index in [1.807, 2.05) is 86.6 Å². The molecule has 4 rings (SSSR count). The van der Waals surface area contributed by atoms with Gasteiger partial charge in [0.25, 0.3) is 0 Å². The second-order valence-electron chi connectivity index (χ2n) is 8.93. The maximum atomic E-state index is 12.7. The highest BCUT2D eigenvalue weighted by atomic mass is 16.2. The van der Waals surface area contributed by atoms with Gasteiger partial charge in [0.05, 0.1) is 6.54 Å². The molecule has 3 aromatic rings. The molecule has 176 valence electrons. The highest BCUT2D eigenvalue weighted by molar-refractivity contribution is 5.93. The topological polar surface area (TPSA) is 73.5 Å². The molecular formula is C28H32N4O2. The van der Waals surface area contributed by atoms with Crippen LogP contribution in [0.25, 0.3) is 0 Å². The molecule has 3 N–H and O–H groups in total. The molecule has 0 unspecified atom stereocenters. The van der Waals surface area contributed by atoms with Crippen LogP contribution in [0, 0.1) is 13.8 Å². The van der Waals surface area contributed by atoms with Gasteiger partial charge < -0.3 is 16.0 Å². The van der Waals surface area contributed by atoms with E-state index >= 15 is 0 Å². The molecule has 0 radical (unpaired) electrons. The molecule has 1 aliphatic carbocycles. The molecule has 2 amide bonds. The summed E-state index contributed by atoms with van der Waals surface area (Å²) in [6, 6.07) is 24.0. The van der Waals surface area contributed by atoms with E-state index in [-0.39, 0.29) is 11.8 Å². The molecule has 0 bridgehead atoms. The van der Waals surface area contributed by atoms with Gasteiger partial charge in [-0.2, -0.15) is 0 Å². The van der Waals surface area contributed by atoms with Gasteiger partial charge in [-0.05, 0) is 80.3 Å². The fraction of sp³-hybridized carbons (Fsp3) is 0.286. The average Bonchev–Trinajstić information content (AvgIpc) is 3.66. The first-order chi connectivity index (χ1) is 16.5.